The molecule has 0 aliphatic carbocycles. The summed E-state index contributed by atoms with van der Waals surface area (Å²) >= 11 is 0. The standard InChI is InChI=1S/C15H18N2/c1-4-8-13(9-5-2)17-12(3)16-14-10-6-7-11-15(14)17/h4-12,16H,1H2,2-3H3/b9-5-,13-8+. The molecule has 2 rings (SSSR count). The van der Waals surface area contributed by atoms with Crippen molar-refractivity contribution in [1.29, 1.82) is 0 Å². The number of rotatable bonds is 3. The zero-order chi connectivity index (χ0) is 12.3. The molecule has 0 radical (unpaired) electrons. The van der Waals surface area contributed by atoms with E-state index in [1.54, 1.807) is 0 Å². The lowest BCUT2D eigenvalue weighted by atomic mass is 10.2. The van der Waals surface area contributed by atoms with Crippen LogP contribution >= 0.6 is 0 Å². The molecule has 1 N–H and O–H groups in total. The Hall–Kier alpha value is -1.96. The summed E-state index contributed by atoms with van der Waals surface area (Å²) < 4.78 is 0. The van der Waals surface area contributed by atoms with Crippen LogP contribution in [0.3, 0.4) is 0 Å². The molecule has 1 aliphatic heterocycles. The van der Waals surface area contributed by atoms with Crippen molar-refractivity contribution in [1.82, 2.24) is 0 Å². The molecule has 1 heterocycles. The summed E-state index contributed by atoms with van der Waals surface area (Å²) in [6.45, 7) is 7.96. The van der Waals surface area contributed by atoms with E-state index < -0.39 is 0 Å². The van der Waals surface area contributed by atoms with Gasteiger partial charge in [0.25, 0.3) is 0 Å². The molecule has 88 valence electrons. The summed E-state index contributed by atoms with van der Waals surface area (Å²) in [5.74, 6) is 0. The molecule has 0 saturated carbocycles. The van der Waals surface area contributed by atoms with Gasteiger partial charge >= 0.3 is 0 Å². The van der Waals surface area contributed by atoms with Crippen molar-refractivity contribution >= 4 is 11.4 Å². The summed E-state index contributed by atoms with van der Waals surface area (Å²) in [5.41, 5.74) is 3.54. The molecular formula is C15H18N2. The minimum atomic E-state index is 0.259. The molecule has 1 unspecified atom stereocenters. The first-order valence-corrected chi connectivity index (χ1v) is 5.88. The number of nitrogens with one attached hydrogen (secondary N) is 1. The average Bonchev–Trinajstić information content (AvgIpc) is 2.64. The predicted octanol–water partition coefficient (Wildman–Crippen LogP) is 3.91. The Labute approximate surface area is 103 Å². The molecule has 1 aromatic carbocycles. The van der Waals surface area contributed by atoms with Crippen LogP contribution < -0.4 is 10.2 Å². The number of para-hydroxylation sites is 2. The number of anilines is 2. The van der Waals surface area contributed by atoms with Gasteiger partial charge in [-0.15, -0.1) is 0 Å². The van der Waals surface area contributed by atoms with Gasteiger partial charge in [0.2, 0.25) is 0 Å². The van der Waals surface area contributed by atoms with Gasteiger partial charge in [-0.3, -0.25) is 0 Å². The number of nitrogens with zero attached hydrogens (tertiary/aromatic N) is 1. The van der Waals surface area contributed by atoms with Gasteiger partial charge in [0.05, 0.1) is 11.4 Å². The highest BCUT2D eigenvalue weighted by atomic mass is 15.3. The molecule has 0 fully saturated rings. The lowest BCUT2D eigenvalue weighted by Gasteiger charge is -2.24. The molecule has 17 heavy (non-hydrogen) atoms. The highest BCUT2D eigenvalue weighted by Crippen LogP contribution is 2.36. The summed E-state index contributed by atoms with van der Waals surface area (Å²) in [7, 11) is 0. The molecule has 0 saturated heterocycles. The van der Waals surface area contributed by atoms with Crippen molar-refractivity contribution in [3.05, 3.63) is 60.8 Å². The van der Waals surface area contributed by atoms with E-state index in [-0.39, 0.29) is 6.17 Å². The maximum absolute atomic E-state index is 3.78. The van der Waals surface area contributed by atoms with E-state index in [0.29, 0.717) is 0 Å². The van der Waals surface area contributed by atoms with Crippen molar-refractivity contribution in [2.24, 2.45) is 0 Å². The Morgan fingerprint density at radius 3 is 2.88 bits per heavy atom. The van der Waals surface area contributed by atoms with Crippen LogP contribution in [-0.2, 0) is 0 Å². The molecule has 0 bridgehead atoms. The highest BCUT2D eigenvalue weighted by Gasteiger charge is 2.26. The largest absolute Gasteiger partial charge is 0.363 e. The first-order valence-electron chi connectivity index (χ1n) is 5.88. The maximum Gasteiger partial charge on any atom is 0.101 e. The summed E-state index contributed by atoms with van der Waals surface area (Å²) in [6.07, 6.45) is 8.25. The number of allylic oxidation sites excluding steroid dienone is 4. The van der Waals surface area contributed by atoms with Crippen LogP contribution in [0, 0.1) is 0 Å². The lowest BCUT2D eigenvalue weighted by molar-refractivity contribution is 0.816. The van der Waals surface area contributed by atoms with Crippen molar-refractivity contribution in [3.8, 4) is 0 Å². The number of hydrogen-bond acceptors (Lipinski definition) is 2. The lowest BCUT2D eigenvalue weighted by Crippen LogP contribution is -2.31. The molecule has 1 aromatic rings. The van der Waals surface area contributed by atoms with Gasteiger partial charge in [-0.25, -0.2) is 0 Å². The monoisotopic (exact) mass is 226 g/mol. The topological polar surface area (TPSA) is 15.3 Å². The first kappa shape index (κ1) is 11.5. The zero-order valence-corrected chi connectivity index (χ0v) is 10.4. The van der Waals surface area contributed by atoms with Crippen LogP contribution in [0.4, 0.5) is 11.4 Å². The zero-order valence-electron chi connectivity index (χ0n) is 10.4. The van der Waals surface area contributed by atoms with Gasteiger partial charge in [0.1, 0.15) is 6.17 Å². The first-order chi connectivity index (χ1) is 8.27. The molecule has 0 aromatic heterocycles. The SMILES string of the molecule is C=C/C=C(\C=C/C)N1c2ccccc2NC1C. The van der Waals surface area contributed by atoms with Gasteiger partial charge in [-0.05, 0) is 38.1 Å². The molecule has 1 aliphatic rings. The Morgan fingerprint density at radius 1 is 1.41 bits per heavy atom. The number of fused-ring (bicyclic) bond motifs is 1. The van der Waals surface area contributed by atoms with E-state index in [1.807, 2.05) is 25.2 Å². The molecule has 1 atom stereocenters. The Balaban J connectivity index is 2.44. The van der Waals surface area contributed by atoms with Crippen molar-refractivity contribution < 1.29 is 0 Å². The maximum atomic E-state index is 3.78. The molecule has 0 spiro atoms. The number of hydrogen-bond donors (Lipinski definition) is 1. The minimum Gasteiger partial charge on any atom is -0.363 e. The van der Waals surface area contributed by atoms with Gasteiger partial charge in [0.15, 0.2) is 0 Å². The summed E-state index contributed by atoms with van der Waals surface area (Å²) in [4.78, 5) is 2.27. The molecule has 2 nitrogen and oxygen atoms in total. The van der Waals surface area contributed by atoms with Crippen LogP contribution in [0.5, 0.6) is 0 Å². The third-order valence-electron chi connectivity index (χ3n) is 2.82. The second-order valence-electron chi connectivity index (χ2n) is 4.03. The van der Waals surface area contributed by atoms with Crippen LogP contribution in [0.15, 0.2) is 60.8 Å². The van der Waals surface area contributed by atoms with E-state index in [4.69, 9.17) is 0 Å². The van der Waals surface area contributed by atoms with Gasteiger partial charge in [-0.1, -0.05) is 30.9 Å². The van der Waals surface area contributed by atoms with E-state index >= 15 is 0 Å². The van der Waals surface area contributed by atoms with Crippen LogP contribution in [0.25, 0.3) is 0 Å². The normalized spacial score (nSPS) is 19.3. The van der Waals surface area contributed by atoms with E-state index in [0.717, 1.165) is 5.70 Å². The molecular weight excluding hydrogens is 208 g/mol. The smallest absolute Gasteiger partial charge is 0.101 e. The van der Waals surface area contributed by atoms with Crippen LogP contribution in [0.1, 0.15) is 13.8 Å². The van der Waals surface area contributed by atoms with E-state index in [9.17, 15) is 0 Å². The van der Waals surface area contributed by atoms with Crippen molar-refractivity contribution in [2.45, 2.75) is 20.0 Å². The third-order valence-corrected chi connectivity index (χ3v) is 2.82. The fraction of sp³-hybridized carbons (Fsp3) is 0.200. The minimum absolute atomic E-state index is 0.259. The Morgan fingerprint density at radius 2 is 2.18 bits per heavy atom. The van der Waals surface area contributed by atoms with Crippen LogP contribution in [-0.4, -0.2) is 6.17 Å². The fourth-order valence-corrected chi connectivity index (χ4v) is 2.17. The van der Waals surface area contributed by atoms with Crippen molar-refractivity contribution in [3.63, 3.8) is 0 Å². The second kappa shape index (κ2) is 4.91. The van der Waals surface area contributed by atoms with Gasteiger partial charge in [0, 0.05) is 5.70 Å². The van der Waals surface area contributed by atoms with Crippen LogP contribution in [0.2, 0.25) is 0 Å². The second-order valence-corrected chi connectivity index (χ2v) is 4.03. The summed E-state index contributed by atoms with van der Waals surface area (Å²) in [5, 5.41) is 3.46. The average molecular weight is 226 g/mol. The third kappa shape index (κ3) is 2.11. The molecule has 2 heteroatoms. The number of benzene rings is 1. The van der Waals surface area contributed by atoms with E-state index in [1.165, 1.54) is 11.4 Å². The summed E-state index contributed by atoms with van der Waals surface area (Å²) in [6, 6.07) is 8.35. The quantitative estimate of drug-likeness (QED) is 0.786. The molecule has 0 amide bonds. The van der Waals surface area contributed by atoms with Gasteiger partial charge in [-0.2, -0.15) is 0 Å². The highest BCUT2D eigenvalue weighted by molar-refractivity contribution is 5.78. The van der Waals surface area contributed by atoms with Gasteiger partial charge < -0.3 is 10.2 Å². The van der Waals surface area contributed by atoms with E-state index in [2.05, 4.69) is 54.1 Å². The Bertz CT molecular complexity index is 472. The Kier molecular flexibility index (Phi) is 3.33. The predicted molar refractivity (Wildman–Crippen MR) is 75.1 cm³/mol. The fourth-order valence-electron chi connectivity index (χ4n) is 2.17. The van der Waals surface area contributed by atoms with Crippen molar-refractivity contribution in [2.75, 3.05) is 10.2 Å².